The van der Waals surface area contributed by atoms with Gasteiger partial charge in [-0.15, -0.1) is 0 Å². The summed E-state index contributed by atoms with van der Waals surface area (Å²) in [4.78, 5) is 0. The maximum Gasteiger partial charge on any atom is 0.133 e. The van der Waals surface area contributed by atoms with Gasteiger partial charge < -0.3 is 15.6 Å². The van der Waals surface area contributed by atoms with E-state index in [0.29, 0.717) is 0 Å². The molecule has 0 saturated carbocycles. The maximum absolute atomic E-state index is 9.32. The monoisotopic (exact) mass is 259 g/mol. The molecule has 0 radical (unpaired) electrons. The van der Waals surface area contributed by atoms with Gasteiger partial charge in [-0.3, -0.25) is 0 Å². The Morgan fingerprint density at radius 1 is 1.50 bits per heavy atom. The van der Waals surface area contributed by atoms with E-state index in [-0.39, 0.29) is 6.04 Å². The normalized spacial score (nSPS) is 14.9. The number of aliphatic hydroxyl groups is 1. The number of methoxy groups -OCH3 is 1. The standard InChI is InChI=1S/C10H14BrNO2/c1-6(13)10(12)7-3-4-9(14-2)8(11)5-7/h3-6,10,13H,12H2,1-2H3/t6-,10-/m1/s1. The molecular weight excluding hydrogens is 246 g/mol. The summed E-state index contributed by atoms with van der Waals surface area (Å²) in [5.41, 5.74) is 6.67. The van der Waals surface area contributed by atoms with Gasteiger partial charge in [-0.05, 0) is 40.5 Å². The average molecular weight is 260 g/mol. The number of hydrogen-bond acceptors (Lipinski definition) is 3. The van der Waals surface area contributed by atoms with Crippen LogP contribution in [0.3, 0.4) is 0 Å². The molecule has 1 rings (SSSR count). The molecule has 0 saturated heterocycles. The number of halogens is 1. The number of ether oxygens (including phenoxy) is 1. The number of rotatable bonds is 3. The molecule has 1 aromatic carbocycles. The second kappa shape index (κ2) is 4.77. The lowest BCUT2D eigenvalue weighted by Crippen LogP contribution is -2.23. The van der Waals surface area contributed by atoms with Crippen LogP contribution in [0.15, 0.2) is 22.7 Å². The Hall–Kier alpha value is -0.580. The number of aliphatic hydroxyl groups excluding tert-OH is 1. The van der Waals surface area contributed by atoms with Crippen molar-refractivity contribution >= 4 is 15.9 Å². The van der Waals surface area contributed by atoms with E-state index in [2.05, 4.69) is 15.9 Å². The molecule has 0 heterocycles. The van der Waals surface area contributed by atoms with Crippen LogP contribution in [0.2, 0.25) is 0 Å². The topological polar surface area (TPSA) is 55.5 Å². The maximum atomic E-state index is 9.32. The lowest BCUT2D eigenvalue weighted by atomic mass is 10.0. The zero-order valence-corrected chi connectivity index (χ0v) is 9.78. The average Bonchev–Trinajstić information content (AvgIpc) is 2.16. The first-order valence-electron chi connectivity index (χ1n) is 4.33. The third-order valence-corrected chi connectivity index (χ3v) is 2.70. The number of nitrogens with two attached hydrogens (primary N) is 1. The van der Waals surface area contributed by atoms with Crippen molar-refractivity contribution in [3.05, 3.63) is 28.2 Å². The predicted octanol–water partition coefficient (Wildman–Crippen LogP) is 1.84. The fourth-order valence-electron chi connectivity index (χ4n) is 1.17. The molecule has 3 nitrogen and oxygen atoms in total. The molecule has 2 atom stereocenters. The summed E-state index contributed by atoms with van der Waals surface area (Å²) in [6.45, 7) is 1.67. The Morgan fingerprint density at radius 2 is 2.14 bits per heavy atom. The highest BCUT2D eigenvalue weighted by molar-refractivity contribution is 9.10. The van der Waals surface area contributed by atoms with Crippen LogP contribution < -0.4 is 10.5 Å². The zero-order chi connectivity index (χ0) is 10.7. The van der Waals surface area contributed by atoms with Crippen LogP contribution >= 0.6 is 15.9 Å². The Balaban J connectivity index is 2.96. The summed E-state index contributed by atoms with van der Waals surface area (Å²) in [6.07, 6.45) is -0.560. The molecule has 78 valence electrons. The highest BCUT2D eigenvalue weighted by atomic mass is 79.9. The lowest BCUT2D eigenvalue weighted by molar-refractivity contribution is 0.164. The van der Waals surface area contributed by atoms with E-state index in [4.69, 9.17) is 10.5 Å². The molecule has 0 unspecified atom stereocenters. The SMILES string of the molecule is COc1ccc([C@H](N)[C@@H](C)O)cc1Br. The van der Waals surface area contributed by atoms with Crippen molar-refractivity contribution in [3.8, 4) is 5.75 Å². The summed E-state index contributed by atoms with van der Waals surface area (Å²) in [6, 6.07) is 5.16. The van der Waals surface area contributed by atoms with Crippen LogP contribution in [0.4, 0.5) is 0 Å². The van der Waals surface area contributed by atoms with Crippen molar-refractivity contribution in [1.82, 2.24) is 0 Å². The lowest BCUT2D eigenvalue weighted by Gasteiger charge is -2.16. The largest absolute Gasteiger partial charge is 0.496 e. The smallest absolute Gasteiger partial charge is 0.133 e. The van der Waals surface area contributed by atoms with E-state index in [1.54, 1.807) is 14.0 Å². The molecule has 0 aliphatic carbocycles. The van der Waals surface area contributed by atoms with E-state index in [9.17, 15) is 5.11 Å². The van der Waals surface area contributed by atoms with Gasteiger partial charge in [0.2, 0.25) is 0 Å². The minimum absolute atomic E-state index is 0.364. The zero-order valence-electron chi connectivity index (χ0n) is 8.20. The molecule has 4 heteroatoms. The summed E-state index contributed by atoms with van der Waals surface area (Å²) in [5, 5.41) is 9.32. The van der Waals surface area contributed by atoms with Crippen LogP contribution in [0, 0.1) is 0 Å². The molecule has 0 bridgehead atoms. The van der Waals surface area contributed by atoms with Crippen LogP contribution in [0.5, 0.6) is 5.75 Å². The molecule has 3 N–H and O–H groups in total. The van der Waals surface area contributed by atoms with E-state index in [1.807, 2.05) is 18.2 Å². The quantitative estimate of drug-likeness (QED) is 0.871. The van der Waals surface area contributed by atoms with E-state index in [1.165, 1.54) is 0 Å². The van der Waals surface area contributed by atoms with Crippen molar-refractivity contribution in [1.29, 1.82) is 0 Å². The molecule has 1 aromatic rings. The summed E-state index contributed by atoms with van der Waals surface area (Å²) < 4.78 is 5.93. The van der Waals surface area contributed by atoms with Gasteiger partial charge in [0.15, 0.2) is 0 Å². The van der Waals surface area contributed by atoms with Gasteiger partial charge in [-0.2, -0.15) is 0 Å². The summed E-state index contributed by atoms with van der Waals surface area (Å²) >= 11 is 3.36. The molecule has 0 fully saturated rings. The molecule has 0 amide bonds. The summed E-state index contributed by atoms with van der Waals surface area (Å²) in [5.74, 6) is 0.756. The molecule has 0 aliphatic rings. The number of benzene rings is 1. The molecule has 0 spiro atoms. The van der Waals surface area contributed by atoms with Crippen molar-refractivity contribution in [2.24, 2.45) is 5.73 Å². The van der Waals surface area contributed by atoms with Crippen LogP contribution in [-0.2, 0) is 0 Å². The first-order chi connectivity index (χ1) is 6.56. The van der Waals surface area contributed by atoms with E-state index >= 15 is 0 Å². The van der Waals surface area contributed by atoms with Gasteiger partial charge in [-0.25, -0.2) is 0 Å². The van der Waals surface area contributed by atoms with Crippen molar-refractivity contribution < 1.29 is 9.84 Å². The van der Waals surface area contributed by atoms with Gasteiger partial charge in [0.25, 0.3) is 0 Å². The highest BCUT2D eigenvalue weighted by Gasteiger charge is 2.13. The predicted molar refractivity (Wildman–Crippen MR) is 59.3 cm³/mol. The second-order valence-corrected chi connectivity index (χ2v) is 4.01. The molecule has 14 heavy (non-hydrogen) atoms. The van der Waals surface area contributed by atoms with E-state index < -0.39 is 6.10 Å². The van der Waals surface area contributed by atoms with Gasteiger partial charge in [-0.1, -0.05) is 6.07 Å². The van der Waals surface area contributed by atoms with Crippen molar-refractivity contribution in [2.45, 2.75) is 19.1 Å². The first-order valence-corrected chi connectivity index (χ1v) is 5.12. The first kappa shape index (κ1) is 11.5. The van der Waals surface area contributed by atoms with Gasteiger partial charge in [0, 0.05) is 0 Å². The fourth-order valence-corrected chi connectivity index (χ4v) is 1.73. The third kappa shape index (κ3) is 2.47. The van der Waals surface area contributed by atoms with Crippen molar-refractivity contribution in [3.63, 3.8) is 0 Å². The Bertz CT molecular complexity index is 315. The summed E-state index contributed by atoms with van der Waals surface area (Å²) in [7, 11) is 1.61. The minimum Gasteiger partial charge on any atom is -0.496 e. The fraction of sp³-hybridized carbons (Fsp3) is 0.400. The highest BCUT2D eigenvalue weighted by Crippen LogP contribution is 2.28. The van der Waals surface area contributed by atoms with Crippen LogP contribution in [0.25, 0.3) is 0 Å². The molecule has 0 aromatic heterocycles. The van der Waals surface area contributed by atoms with Crippen LogP contribution in [-0.4, -0.2) is 18.3 Å². The Morgan fingerprint density at radius 3 is 2.57 bits per heavy atom. The van der Waals surface area contributed by atoms with E-state index in [0.717, 1.165) is 15.8 Å². The van der Waals surface area contributed by atoms with Gasteiger partial charge in [0.1, 0.15) is 5.75 Å². The van der Waals surface area contributed by atoms with Gasteiger partial charge in [0.05, 0.1) is 23.7 Å². The van der Waals surface area contributed by atoms with Crippen molar-refractivity contribution in [2.75, 3.05) is 7.11 Å². The number of hydrogen-bond donors (Lipinski definition) is 2. The minimum atomic E-state index is -0.560. The second-order valence-electron chi connectivity index (χ2n) is 3.16. The molecular formula is C10H14BrNO2. The third-order valence-electron chi connectivity index (χ3n) is 2.08. The Kier molecular flexibility index (Phi) is 3.92. The Labute approximate surface area is 92.0 Å². The van der Waals surface area contributed by atoms with Gasteiger partial charge >= 0.3 is 0 Å². The molecule has 0 aliphatic heterocycles. The van der Waals surface area contributed by atoms with Crippen LogP contribution in [0.1, 0.15) is 18.5 Å².